The van der Waals surface area contributed by atoms with Gasteiger partial charge in [0.25, 0.3) is 0 Å². The van der Waals surface area contributed by atoms with Gasteiger partial charge in [-0.25, -0.2) is 4.79 Å². The monoisotopic (exact) mass is 367 g/mol. The van der Waals surface area contributed by atoms with Gasteiger partial charge in [-0.05, 0) is 50.2 Å². The average molecular weight is 367 g/mol. The molecule has 1 aliphatic heterocycles. The topological polar surface area (TPSA) is 78.5 Å². The van der Waals surface area contributed by atoms with Gasteiger partial charge in [0.1, 0.15) is 0 Å². The summed E-state index contributed by atoms with van der Waals surface area (Å²) in [7, 11) is 0. The minimum Gasteiger partial charge on any atom is -0.336 e. The van der Waals surface area contributed by atoms with Gasteiger partial charge < -0.3 is 10.6 Å². The van der Waals surface area contributed by atoms with Gasteiger partial charge in [0, 0.05) is 18.8 Å². The number of aryl methyl sites for hydroxylation is 2. The molecule has 5 rings (SSSR count). The molecule has 0 unspecified atom stereocenters. The lowest BCUT2D eigenvalue weighted by Crippen LogP contribution is -2.40. The second kappa shape index (κ2) is 6.83. The first kappa shape index (κ1) is 17.8. The predicted octanol–water partition coefficient (Wildman–Crippen LogP) is 2.62. The van der Waals surface area contributed by atoms with E-state index in [0.717, 1.165) is 29.7 Å². The number of anilines is 1. The number of benzene rings is 1. The van der Waals surface area contributed by atoms with Crippen molar-refractivity contribution >= 4 is 23.5 Å². The number of hydrogen-bond donors (Lipinski definition) is 2. The number of hydrogen-bond acceptors (Lipinski definition) is 3. The molecule has 1 heterocycles. The molecule has 1 aromatic carbocycles. The number of nitrogens with one attached hydrogen (secondary N) is 2. The largest absolute Gasteiger partial charge is 0.336 e. The fraction of sp³-hybridized carbons (Fsp3) is 0.476. The lowest BCUT2D eigenvalue weighted by atomic mass is 9.63. The maximum Gasteiger partial charge on any atom is 0.319 e. The highest BCUT2D eigenvalue weighted by atomic mass is 16.2. The summed E-state index contributed by atoms with van der Waals surface area (Å²) < 4.78 is 0. The minimum absolute atomic E-state index is 0.0689. The fourth-order valence-electron chi connectivity index (χ4n) is 4.76. The van der Waals surface area contributed by atoms with E-state index >= 15 is 0 Å². The van der Waals surface area contributed by atoms with E-state index in [0.29, 0.717) is 0 Å². The van der Waals surface area contributed by atoms with Crippen molar-refractivity contribution in [3.8, 4) is 0 Å². The molecule has 1 aromatic rings. The molecule has 4 atom stereocenters. The van der Waals surface area contributed by atoms with E-state index in [1.54, 1.807) is 0 Å². The second-order valence-corrected chi connectivity index (χ2v) is 7.87. The van der Waals surface area contributed by atoms with Crippen LogP contribution in [0.5, 0.6) is 0 Å². The molecule has 3 aliphatic carbocycles. The van der Waals surface area contributed by atoms with E-state index in [1.807, 2.05) is 32.0 Å². The van der Waals surface area contributed by atoms with Gasteiger partial charge in [-0.15, -0.1) is 0 Å². The Morgan fingerprint density at radius 1 is 1.07 bits per heavy atom. The smallest absolute Gasteiger partial charge is 0.319 e. The number of nitrogens with zero attached hydrogens (tertiary/aromatic N) is 1. The van der Waals surface area contributed by atoms with E-state index in [1.165, 1.54) is 4.90 Å². The van der Waals surface area contributed by atoms with Gasteiger partial charge in [-0.1, -0.05) is 29.8 Å². The van der Waals surface area contributed by atoms with Crippen LogP contribution >= 0.6 is 0 Å². The molecule has 2 N–H and O–H groups in total. The Morgan fingerprint density at radius 3 is 2.26 bits per heavy atom. The highest BCUT2D eigenvalue weighted by molar-refractivity contribution is 6.06. The maximum absolute atomic E-state index is 12.7. The molecule has 1 saturated carbocycles. The Kier molecular flexibility index (Phi) is 4.50. The first-order valence-corrected chi connectivity index (χ1v) is 9.61. The number of urea groups is 1. The summed E-state index contributed by atoms with van der Waals surface area (Å²) in [6.45, 7) is 4.41. The van der Waals surface area contributed by atoms with Crippen molar-refractivity contribution < 1.29 is 14.4 Å². The molecule has 0 aromatic heterocycles. The number of carbonyl (C=O) groups is 3. The van der Waals surface area contributed by atoms with Crippen LogP contribution in [0, 0.1) is 37.5 Å². The first-order valence-electron chi connectivity index (χ1n) is 9.61. The third-order valence-electron chi connectivity index (χ3n) is 6.10. The summed E-state index contributed by atoms with van der Waals surface area (Å²) in [5, 5.41) is 5.56. The van der Waals surface area contributed by atoms with Crippen molar-refractivity contribution in [3.63, 3.8) is 0 Å². The zero-order chi connectivity index (χ0) is 19.1. The molecule has 4 aliphatic rings. The molecule has 2 fully saturated rings. The van der Waals surface area contributed by atoms with Crippen LogP contribution in [0.1, 0.15) is 24.0 Å². The van der Waals surface area contributed by atoms with Gasteiger partial charge in [0.05, 0.1) is 11.8 Å². The van der Waals surface area contributed by atoms with E-state index in [2.05, 4.69) is 22.8 Å². The van der Waals surface area contributed by atoms with Crippen molar-refractivity contribution in [1.82, 2.24) is 10.2 Å². The molecule has 6 nitrogen and oxygen atoms in total. The lowest BCUT2D eigenvalue weighted by molar-refractivity contribution is -0.140. The van der Waals surface area contributed by atoms with E-state index in [9.17, 15) is 14.4 Å². The highest BCUT2D eigenvalue weighted by Crippen LogP contribution is 2.49. The molecule has 0 spiro atoms. The van der Waals surface area contributed by atoms with Crippen molar-refractivity contribution in [3.05, 3.63) is 41.5 Å². The molecule has 142 valence electrons. The summed E-state index contributed by atoms with van der Waals surface area (Å²) in [6, 6.07) is 5.47. The van der Waals surface area contributed by atoms with Gasteiger partial charge >= 0.3 is 6.03 Å². The van der Waals surface area contributed by atoms with Gasteiger partial charge in [-0.2, -0.15) is 0 Å². The quantitative estimate of drug-likeness (QED) is 0.634. The normalized spacial score (nSPS) is 28.4. The Bertz CT molecular complexity index is 800. The van der Waals surface area contributed by atoms with Gasteiger partial charge in [0.2, 0.25) is 11.8 Å². The number of imide groups is 1. The zero-order valence-corrected chi connectivity index (χ0v) is 15.7. The Morgan fingerprint density at radius 2 is 1.70 bits per heavy atom. The third kappa shape index (κ3) is 3.13. The number of allylic oxidation sites excluding steroid dienone is 2. The number of likely N-dealkylation sites (tertiary alicyclic amines) is 1. The number of carbonyl (C=O) groups excluding carboxylic acids is 3. The summed E-state index contributed by atoms with van der Waals surface area (Å²) in [4.78, 5) is 38.9. The molecule has 0 radical (unpaired) electrons. The number of amides is 4. The minimum atomic E-state index is -0.333. The standard InChI is InChI=1S/C21H25N3O3/c1-12-3-8-16(13(2)11-12)23-21(27)22-9-10-24-19(25)17-14-4-5-15(7-6-14)18(17)20(24)26/h3-5,8,11,14-15,17-18H,6-7,9-10H2,1-2H3,(H2,22,23,27)/t14-,15-,17+,18+/m0/s1. The van der Waals surface area contributed by atoms with Crippen LogP contribution in [0.4, 0.5) is 10.5 Å². The van der Waals surface area contributed by atoms with Crippen LogP contribution in [-0.2, 0) is 9.59 Å². The first-order chi connectivity index (χ1) is 13.0. The third-order valence-corrected chi connectivity index (χ3v) is 6.10. The maximum atomic E-state index is 12.7. The van der Waals surface area contributed by atoms with Crippen molar-refractivity contribution in [2.45, 2.75) is 26.7 Å². The summed E-state index contributed by atoms with van der Waals surface area (Å²) in [5.74, 6) is -0.124. The van der Waals surface area contributed by atoms with Crippen molar-refractivity contribution in [2.24, 2.45) is 23.7 Å². The summed E-state index contributed by atoms with van der Waals surface area (Å²) >= 11 is 0. The highest BCUT2D eigenvalue weighted by Gasteiger charge is 2.56. The molecular formula is C21H25N3O3. The van der Waals surface area contributed by atoms with Crippen LogP contribution in [0.15, 0.2) is 30.4 Å². The van der Waals surface area contributed by atoms with E-state index in [-0.39, 0.29) is 54.6 Å². The fourth-order valence-corrected chi connectivity index (χ4v) is 4.76. The molecule has 1 saturated heterocycles. The summed E-state index contributed by atoms with van der Waals surface area (Å²) in [6.07, 6.45) is 6.21. The van der Waals surface area contributed by atoms with Gasteiger partial charge in [0.15, 0.2) is 0 Å². The second-order valence-electron chi connectivity index (χ2n) is 7.87. The Balaban J connectivity index is 1.32. The zero-order valence-electron chi connectivity index (χ0n) is 15.7. The van der Waals surface area contributed by atoms with Crippen molar-refractivity contribution in [2.75, 3.05) is 18.4 Å². The molecule has 2 bridgehead atoms. The molecular weight excluding hydrogens is 342 g/mol. The van der Waals surface area contributed by atoms with Crippen LogP contribution < -0.4 is 10.6 Å². The van der Waals surface area contributed by atoms with E-state index < -0.39 is 0 Å². The molecule has 27 heavy (non-hydrogen) atoms. The molecule has 4 amide bonds. The van der Waals surface area contributed by atoms with Crippen LogP contribution in [0.2, 0.25) is 0 Å². The number of fused-ring (bicyclic) bond motifs is 1. The Hall–Kier alpha value is -2.63. The van der Waals surface area contributed by atoms with Crippen LogP contribution in [0.3, 0.4) is 0 Å². The van der Waals surface area contributed by atoms with E-state index in [4.69, 9.17) is 0 Å². The SMILES string of the molecule is Cc1ccc(NC(=O)NCCN2C(=O)[C@H]3[C@H](C2=O)[C@H]2C=C[C@H]3CC2)c(C)c1. The number of rotatable bonds is 4. The molecule has 6 heteroatoms. The van der Waals surface area contributed by atoms with Gasteiger partial charge in [-0.3, -0.25) is 14.5 Å². The predicted molar refractivity (Wildman–Crippen MR) is 102 cm³/mol. The average Bonchev–Trinajstić information content (AvgIpc) is 2.92. The lowest BCUT2D eigenvalue weighted by Gasteiger charge is -2.38. The van der Waals surface area contributed by atoms with Crippen LogP contribution in [-0.4, -0.2) is 35.8 Å². The summed E-state index contributed by atoms with van der Waals surface area (Å²) in [5.41, 5.74) is 2.87. The Labute approximate surface area is 159 Å². The van der Waals surface area contributed by atoms with Crippen molar-refractivity contribution in [1.29, 1.82) is 0 Å². The van der Waals surface area contributed by atoms with Crippen LogP contribution in [0.25, 0.3) is 0 Å².